The van der Waals surface area contributed by atoms with Crippen molar-refractivity contribution in [3.63, 3.8) is 0 Å². The van der Waals surface area contributed by atoms with Gasteiger partial charge in [-0.05, 0) is 36.4 Å². The summed E-state index contributed by atoms with van der Waals surface area (Å²) < 4.78 is 0. The zero-order valence-corrected chi connectivity index (χ0v) is 13.6. The van der Waals surface area contributed by atoms with Crippen molar-refractivity contribution in [2.24, 2.45) is 0 Å². The lowest BCUT2D eigenvalue weighted by atomic mass is 10.1. The van der Waals surface area contributed by atoms with E-state index < -0.39 is 0 Å². The van der Waals surface area contributed by atoms with Crippen LogP contribution in [0.5, 0.6) is 0 Å². The number of aromatic amines is 2. The number of fused-ring (bicyclic) bond motifs is 2. The van der Waals surface area contributed by atoms with E-state index in [0.29, 0.717) is 11.5 Å². The SMILES string of the molecule is CC(C)c1nc2ccc(NC(=O)c3cccc4[nH]ccc34)cc2[nH]1. The van der Waals surface area contributed by atoms with Gasteiger partial charge in [0.05, 0.1) is 11.0 Å². The Morgan fingerprint density at radius 1 is 1.12 bits per heavy atom. The van der Waals surface area contributed by atoms with Gasteiger partial charge in [0.1, 0.15) is 5.82 Å². The Morgan fingerprint density at radius 3 is 2.83 bits per heavy atom. The number of hydrogen-bond acceptors (Lipinski definition) is 2. The molecule has 0 bridgehead atoms. The molecule has 4 rings (SSSR count). The predicted molar refractivity (Wildman–Crippen MR) is 96.4 cm³/mol. The normalized spacial score (nSPS) is 11.5. The van der Waals surface area contributed by atoms with Gasteiger partial charge in [-0.3, -0.25) is 4.79 Å². The Labute approximate surface area is 139 Å². The molecule has 0 fully saturated rings. The van der Waals surface area contributed by atoms with Crippen LogP contribution in [0.25, 0.3) is 21.9 Å². The van der Waals surface area contributed by atoms with Crippen LogP contribution in [0.4, 0.5) is 5.69 Å². The number of carbonyl (C=O) groups excluding carboxylic acids is 1. The number of nitrogens with zero attached hydrogens (tertiary/aromatic N) is 1. The summed E-state index contributed by atoms with van der Waals surface area (Å²) in [6.07, 6.45) is 1.84. The van der Waals surface area contributed by atoms with Crippen molar-refractivity contribution in [3.05, 3.63) is 60.0 Å². The Kier molecular flexibility index (Phi) is 3.34. The van der Waals surface area contributed by atoms with E-state index in [1.807, 2.05) is 48.7 Å². The fraction of sp³-hybridized carbons (Fsp3) is 0.158. The van der Waals surface area contributed by atoms with Crippen LogP contribution < -0.4 is 5.32 Å². The average Bonchev–Trinajstić information content (AvgIpc) is 3.20. The molecule has 5 heteroatoms. The van der Waals surface area contributed by atoms with Gasteiger partial charge < -0.3 is 15.3 Å². The number of carbonyl (C=O) groups is 1. The molecule has 0 saturated carbocycles. The number of hydrogen-bond donors (Lipinski definition) is 3. The van der Waals surface area contributed by atoms with Crippen molar-refractivity contribution in [2.75, 3.05) is 5.32 Å². The van der Waals surface area contributed by atoms with Crippen LogP contribution in [-0.2, 0) is 0 Å². The second kappa shape index (κ2) is 5.53. The molecule has 0 unspecified atom stereocenters. The summed E-state index contributed by atoms with van der Waals surface area (Å²) in [5, 5.41) is 3.89. The minimum Gasteiger partial charge on any atom is -0.361 e. The predicted octanol–water partition coefficient (Wildman–Crippen LogP) is 4.42. The van der Waals surface area contributed by atoms with E-state index in [9.17, 15) is 4.79 Å². The van der Waals surface area contributed by atoms with Crippen molar-refractivity contribution in [1.82, 2.24) is 15.0 Å². The minimum atomic E-state index is -0.122. The highest BCUT2D eigenvalue weighted by Gasteiger charge is 2.12. The van der Waals surface area contributed by atoms with E-state index in [4.69, 9.17) is 0 Å². The van der Waals surface area contributed by atoms with Gasteiger partial charge in [-0.2, -0.15) is 0 Å². The van der Waals surface area contributed by atoms with Crippen molar-refractivity contribution < 1.29 is 4.79 Å². The number of anilines is 1. The summed E-state index contributed by atoms with van der Waals surface area (Å²) in [6.45, 7) is 4.19. The quantitative estimate of drug-likeness (QED) is 0.523. The molecule has 0 radical (unpaired) electrons. The molecule has 120 valence electrons. The van der Waals surface area contributed by atoms with Gasteiger partial charge in [0.15, 0.2) is 0 Å². The molecule has 0 spiro atoms. The molecule has 0 aliphatic rings. The molecule has 2 heterocycles. The Balaban J connectivity index is 1.66. The van der Waals surface area contributed by atoms with Crippen LogP contribution in [0.2, 0.25) is 0 Å². The largest absolute Gasteiger partial charge is 0.361 e. The summed E-state index contributed by atoms with van der Waals surface area (Å²) in [5.74, 6) is 1.16. The molecule has 5 nitrogen and oxygen atoms in total. The second-order valence-corrected chi connectivity index (χ2v) is 6.21. The van der Waals surface area contributed by atoms with Gasteiger partial charge >= 0.3 is 0 Å². The first-order chi connectivity index (χ1) is 11.6. The van der Waals surface area contributed by atoms with E-state index in [0.717, 1.165) is 33.4 Å². The van der Waals surface area contributed by atoms with Gasteiger partial charge in [0.2, 0.25) is 0 Å². The zero-order chi connectivity index (χ0) is 16.7. The molecule has 2 aromatic heterocycles. The first kappa shape index (κ1) is 14.5. The molecule has 3 N–H and O–H groups in total. The Bertz CT molecular complexity index is 1040. The van der Waals surface area contributed by atoms with Crippen LogP contribution >= 0.6 is 0 Å². The topological polar surface area (TPSA) is 73.6 Å². The third-order valence-electron chi connectivity index (χ3n) is 4.14. The molecule has 0 saturated heterocycles. The first-order valence-corrected chi connectivity index (χ1v) is 7.99. The van der Waals surface area contributed by atoms with Crippen LogP contribution in [0.3, 0.4) is 0 Å². The highest BCUT2D eigenvalue weighted by molar-refractivity contribution is 6.12. The summed E-state index contributed by atoms with van der Waals surface area (Å²) in [6, 6.07) is 13.3. The monoisotopic (exact) mass is 318 g/mol. The average molecular weight is 318 g/mol. The number of rotatable bonds is 3. The highest BCUT2D eigenvalue weighted by Crippen LogP contribution is 2.22. The summed E-state index contributed by atoms with van der Waals surface area (Å²) in [7, 11) is 0. The van der Waals surface area contributed by atoms with Gasteiger partial charge in [-0.25, -0.2) is 4.98 Å². The molecule has 0 aliphatic carbocycles. The van der Waals surface area contributed by atoms with Gasteiger partial charge in [0.25, 0.3) is 5.91 Å². The number of amides is 1. The zero-order valence-electron chi connectivity index (χ0n) is 13.6. The summed E-state index contributed by atoms with van der Waals surface area (Å²) in [4.78, 5) is 23.6. The van der Waals surface area contributed by atoms with E-state index in [-0.39, 0.29) is 5.91 Å². The highest BCUT2D eigenvalue weighted by atomic mass is 16.1. The second-order valence-electron chi connectivity index (χ2n) is 6.21. The fourth-order valence-corrected chi connectivity index (χ4v) is 2.86. The molecule has 2 aromatic carbocycles. The molecule has 1 amide bonds. The molecule has 24 heavy (non-hydrogen) atoms. The van der Waals surface area contributed by atoms with Crippen LogP contribution in [-0.4, -0.2) is 20.9 Å². The minimum absolute atomic E-state index is 0.122. The number of benzene rings is 2. The van der Waals surface area contributed by atoms with Crippen molar-refractivity contribution >= 4 is 33.5 Å². The third-order valence-corrected chi connectivity index (χ3v) is 4.14. The van der Waals surface area contributed by atoms with E-state index in [1.54, 1.807) is 0 Å². The van der Waals surface area contributed by atoms with Crippen molar-refractivity contribution in [1.29, 1.82) is 0 Å². The molecular weight excluding hydrogens is 300 g/mol. The molecular formula is C19H18N4O. The van der Waals surface area contributed by atoms with E-state index in [1.165, 1.54) is 0 Å². The smallest absolute Gasteiger partial charge is 0.256 e. The number of H-pyrrole nitrogens is 2. The van der Waals surface area contributed by atoms with Gasteiger partial charge in [-0.1, -0.05) is 19.9 Å². The lowest BCUT2D eigenvalue weighted by Crippen LogP contribution is -2.12. The van der Waals surface area contributed by atoms with E-state index >= 15 is 0 Å². The maximum absolute atomic E-state index is 12.6. The van der Waals surface area contributed by atoms with Gasteiger partial charge in [0, 0.05) is 34.3 Å². The summed E-state index contributed by atoms with van der Waals surface area (Å²) in [5.41, 5.74) is 4.19. The molecule has 0 atom stereocenters. The Morgan fingerprint density at radius 2 is 2.00 bits per heavy atom. The van der Waals surface area contributed by atoms with E-state index in [2.05, 4.69) is 34.1 Å². The lowest BCUT2D eigenvalue weighted by Gasteiger charge is -2.06. The first-order valence-electron chi connectivity index (χ1n) is 7.99. The number of imidazole rings is 1. The van der Waals surface area contributed by atoms with Crippen molar-refractivity contribution in [2.45, 2.75) is 19.8 Å². The van der Waals surface area contributed by atoms with Crippen LogP contribution in [0.1, 0.15) is 35.9 Å². The lowest BCUT2D eigenvalue weighted by molar-refractivity contribution is 0.102. The Hall–Kier alpha value is -3.08. The maximum Gasteiger partial charge on any atom is 0.256 e. The van der Waals surface area contributed by atoms with Gasteiger partial charge in [-0.15, -0.1) is 0 Å². The number of nitrogens with one attached hydrogen (secondary N) is 3. The van der Waals surface area contributed by atoms with Crippen LogP contribution in [0.15, 0.2) is 48.7 Å². The third kappa shape index (κ3) is 2.44. The molecule has 4 aromatic rings. The molecule has 0 aliphatic heterocycles. The fourth-order valence-electron chi connectivity index (χ4n) is 2.86. The number of aromatic nitrogens is 3. The maximum atomic E-state index is 12.6. The standard InChI is InChI=1S/C19H18N4O/c1-11(2)18-22-16-7-6-12(10-17(16)23-18)21-19(24)14-4-3-5-15-13(14)8-9-20-15/h3-11,20H,1-2H3,(H,21,24)(H,22,23). The summed E-state index contributed by atoms with van der Waals surface area (Å²) >= 11 is 0. The van der Waals surface area contributed by atoms with Crippen molar-refractivity contribution in [3.8, 4) is 0 Å². The van der Waals surface area contributed by atoms with Crippen LogP contribution in [0, 0.1) is 0 Å².